The van der Waals surface area contributed by atoms with Crippen molar-refractivity contribution in [2.45, 2.75) is 6.10 Å². The maximum atomic E-state index is 13.1. The number of rotatable bonds is 2. The van der Waals surface area contributed by atoms with E-state index in [2.05, 4.69) is 5.10 Å². The van der Waals surface area contributed by atoms with Gasteiger partial charge in [0.05, 0.1) is 5.69 Å². The molecule has 0 aliphatic heterocycles. The topological polar surface area (TPSA) is 38.0 Å². The Labute approximate surface area is 97.1 Å². The largest absolute Gasteiger partial charge is 0.382 e. The molecule has 0 aliphatic carbocycles. The van der Waals surface area contributed by atoms with Crippen molar-refractivity contribution in [3.05, 3.63) is 52.6 Å². The molecule has 0 radical (unpaired) electrons. The van der Waals surface area contributed by atoms with Crippen molar-refractivity contribution in [1.82, 2.24) is 9.78 Å². The van der Waals surface area contributed by atoms with Crippen LogP contribution in [-0.4, -0.2) is 14.9 Å². The first kappa shape index (κ1) is 11.1. The Balaban J connectivity index is 2.45. The number of nitrogens with zero attached hydrogens (tertiary/aromatic N) is 2. The van der Waals surface area contributed by atoms with Crippen LogP contribution < -0.4 is 0 Å². The smallest absolute Gasteiger partial charge is 0.123 e. The van der Waals surface area contributed by atoms with Gasteiger partial charge in [0.15, 0.2) is 0 Å². The second-order valence-corrected chi connectivity index (χ2v) is 3.86. The zero-order chi connectivity index (χ0) is 11.7. The summed E-state index contributed by atoms with van der Waals surface area (Å²) in [6, 6.07) is 5.56. The summed E-state index contributed by atoms with van der Waals surface area (Å²) in [4.78, 5) is 0. The molecule has 1 atom stereocenters. The van der Waals surface area contributed by atoms with Gasteiger partial charge in [-0.3, -0.25) is 4.68 Å². The molecule has 0 bridgehead atoms. The zero-order valence-corrected chi connectivity index (χ0v) is 9.32. The van der Waals surface area contributed by atoms with E-state index in [9.17, 15) is 9.50 Å². The highest BCUT2D eigenvalue weighted by molar-refractivity contribution is 6.31. The van der Waals surface area contributed by atoms with E-state index in [0.29, 0.717) is 16.3 Å². The van der Waals surface area contributed by atoms with Crippen LogP contribution in [0, 0.1) is 5.82 Å². The van der Waals surface area contributed by atoms with Gasteiger partial charge in [0.2, 0.25) is 0 Å². The first-order chi connectivity index (χ1) is 7.59. The fourth-order valence-electron chi connectivity index (χ4n) is 1.54. The van der Waals surface area contributed by atoms with Gasteiger partial charge in [-0.15, -0.1) is 0 Å². The van der Waals surface area contributed by atoms with Gasteiger partial charge in [-0.25, -0.2) is 4.39 Å². The predicted octanol–water partition coefficient (Wildman–Crippen LogP) is 2.29. The fourth-order valence-corrected chi connectivity index (χ4v) is 1.76. The van der Waals surface area contributed by atoms with Crippen molar-refractivity contribution < 1.29 is 9.50 Å². The van der Waals surface area contributed by atoms with Crippen molar-refractivity contribution in [2.24, 2.45) is 7.05 Å². The lowest BCUT2D eigenvalue weighted by molar-refractivity contribution is 0.209. The van der Waals surface area contributed by atoms with Crippen molar-refractivity contribution in [2.75, 3.05) is 0 Å². The van der Waals surface area contributed by atoms with Crippen LogP contribution in [0.5, 0.6) is 0 Å². The van der Waals surface area contributed by atoms with Gasteiger partial charge in [0.25, 0.3) is 0 Å². The van der Waals surface area contributed by atoms with Crippen molar-refractivity contribution >= 4 is 11.6 Å². The normalized spacial score (nSPS) is 12.8. The van der Waals surface area contributed by atoms with Gasteiger partial charge >= 0.3 is 0 Å². The van der Waals surface area contributed by atoms with Crippen LogP contribution in [0.3, 0.4) is 0 Å². The van der Waals surface area contributed by atoms with Gasteiger partial charge < -0.3 is 5.11 Å². The molecule has 0 aliphatic rings. The monoisotopic (exact) mass is 240 g/mol. The Bertz CT molecular complexity index is 512. The predicted molar refractivity (Wildman–Crippen MR) is 58.7 cm³/mol. The minimum atomic E-state index is -0.976. The summed E-state index contributed by atoms with van der Waals surface area (Å²) in [5.74, 6) is -0.430. The molecule has 1 aromatic heterocycles. The second-order valence-electron chi connectivity index (χ2n) is 3.45. The number of aliphatic hydroxyl groups excluding tert-OH is 1. The Morgan fingerprint density at radius 2 is 2.19 bits per heavy atom. The van der Waals surface area contributed by atoms with Gasteiger partial charge in [-0.1, -0.05) is 11.6 Å². The fraction of sp³-hybridized carbons (Fsp3) is 0.182. The SMILES string of the molecule is Cn1nccc1C(O)c1cc(F)ccc1Cl. The molecule has 0 spiro atoms. The third-order valence-corrected chi connectivity index (χ3v) is 2.74. The first-order valence-corrected chi connectivity index (χ1v) is 5.08. The molecule has 1 aromatic carbocycles. The molecule has 5 heteroatoms. The van der Waals surface area contributed by atoms with E-state index in [1.807, 2.05) is 0 Å². The van der Waals surface area contributed by atoms with Gasteiger partial charge in [-0.2, -0.15) is 5.10 Å². The molecule has 3 nitrogen and oxygen atoms in total. The molecule has 1 heterocycles. The molecule has 0 saturated carbocycles. The first-order valence-electron chi connectivity index (χ1n) is 4.70. The van der Waals surface area contributed by atoms with Crippen molar-refractivity contribution in [3.63, 3.8) is 0 Å². The number of hydrogen-bond acceptors (Lipinski definition) is 2. The van der Waals surface area contributed by atoms with Crippen LogP contribution in [-0.2, 0) is 7.05 Å². The number of aromatic nitrogens is 2. The third-order valence-electron chi connectivity index (χ3n) is 2.39. The lowest BCUT2D eigenvalue weighted by Gasteiger charge is -2.13. The third kappa shape index (κ3) is 1.94. The molecular weight excluding hydrogens is 231 g/mol. The van der Waals surface area contributed by atoms with Gasteiger partial charge in [0, 0.05) is 23.8 Å². The Hall–Kier alpha value is -1.39. The molecule has 0 amide bonds. The molecule has 0 fully saturated rings. The van der Waals surface area contributed by atoms with Gasteiger partial charge in [0.1, 0.15) is 11.9 Å². The maximum absolute atomic E-state index is 13.1. The van der Waals surface area contributed by atoms with Crippen LogP contribution in [0.15, 0.2) is 30.5 Å². The van der Waals surface area contributed by atoms with E-state index >= 15 is 0 Å². The zero-order valence-electron chi connectivity index (χ0n) is 8.56. The Kier molecular flexibility index (Phi) is 2.94. The molecule has 1 unspecified atom stereocenters. The van der Waals surface area contributed by atoms with Crippen LogP contribution in [0.4, 0.5) is 4.39 Å². The number of hydrogen-bond donors (Lipinski definition) is 1. The summed E-state index contributed by atoms with van der Waals surface area (Å²) in [6.07, 6.45) is 0.585. The quantitative estimate of drug-likeness (QED) is 0.875. The minimum Gasteiger partial charge on any atom is -0.382 e. The van der Waals surface area contributed by atoms with Crippen LogP contribution in [0.2, 0.25) is 5.02 Å². The summed E-state index contributed by atoms with van der Waals surface area (Å²) in [5.41, 5.74) is 0.901. The van der Waals surface area contributed by atoms with E-state index < -0.39 is 11.9 Å². The number of halogens is 2. The van der Waals surface area contributed by atoms with Crippen LogP contribution >= 0.6 is 11.6 Å². The second kappa shape index (κ2) is 4.23. The summed E-state index contributed by atoms with van der Waals surface area (Å²) in [7, 11) is 1.70. The minimum absolute atomic E-state index is 0.329. The molecule has 16 heavy (non-hydrogen) atoms. The lowest BCUT2D eigenvalue weighted by atomic mass is 10.1. The molecule has 84 valence electrons. The molecule has 2 aromatic rings. The van der Waals surface area contributed by atoms with E-state index in [-0.39, 0.29) is 0 Å². The lowest BCUT2D eigenvalue weighted by Crippen LogP contribution is -2.07. The molecule has 1 N–H and O–H groups in total. The molecular formula is C11H10ClFN2O. The average Bonchev–Trinajstić information content (AvgIpc) is 2.67. The Morgan fingerprint density at radius 1 is 1.44 bits per heavy atom. The van der Waals surface area contributed by atoms with Crippen LogP contribution in [0.1, 0.15) is 17.4 Å². The number of aryl methyl sites for hydroxylation is 1. The van der Waals surface area contributed by atoms with E-state index in [1.165, 1.54) is 22.9 Å². The maximum Gasteiger partial charge on any atom is 0.123 e. The Morgan fingerprint density at radius 3 is 2.81 bits per heavy atom. The summed E-state index contributed by atoms with van der Waals surface area (Å²) < 4.78 is 14.6. The standard InChI is InChI=1S/C11H10ClFN2O/c1-15-10(4-5-14-15)11(16)8-6-7(13)2-3-9(8)12/h2-6,11,16H,1H3. The van der Waals surface area contributed by atoms with Gasteiger partial charge in [-0.05, 0) is 24.3 Å². The van der Waals surface area contributed by atoms with Crippen molar-refractivity contribution in [1.29, 1.82) is 0 Å². The van der Waals surface area contributed by atoms with Crippen molar-refractivity contribution in [3.8, 4) is 0 Å². The van der Waals surface area contributed by atoms with Crippen LogP contribution in [0.25, 0.3) is 0 Å². The molecule has 2 rings (SSSR count). The highest BCUT2D eigenvalue weighted by Crippen LogP contribution is 2.28. The van der Waals surface area contributed by atoms with E-state index in [4.69, 9.17) is 11.6 Å². The summed E-state index contributed by atoms with van der Waals surface area (Å²) in [5, 5.41) is 14.3. The average molecular weight is 241 g/mol. The highest BCUT2D eigenvalue weighted by Gasteiger charge is 2.17. The van der Waals surface area contributed by atoms with E-state index in [0.717, 1.165) is 0 Å². The molecule has 0 saturated heterocycles. The number of benzene rings is 1. The van der Waals surface area contributed by atoms with E-state index in [1.54, 1.807) is 19.3 Å². The summed E-state index contributed by atoms with van der Waals surface area (Å²) >= 11 is 5.90. The highest BCUT2D eigenvalue weighted by atomic mass is 35.5. The number of aliphatic hydroxyl groups is 1. The summed E-state index contributed by atoms with van der Waals surface area (Å²) in [6.45, 7) is 0.